The second kappa shape index (κ2) is 6.45. The highest BCUT2D eigenvalue weighted by molar-refractivity contribution is 5.96. The molecule has 0 unspecified atom stereocenters. The number of hydrogen-bond donors (Lipinski definition) is 3. The third kappa shape index (κ3) is 3.43. The monoisotopic (exact) mass is 342 g/mol. The molecule has 0 heterocycles. The van der Waals surface area contributed by atoms with Gasteiger partial charge in [-0.05, 0) is 56.3 Å². The van der Waals surface area contributed by atoms with E-state index in [9.17, 15) is 9.59 Å². The third-order valence-electron chi connectivity index (χ3n) is 6.64. The van der Waals surface area contributed by atoms with Gasteiger partial charge < -0.3 is 11.1 Å². The van der Waals surface area contributed by atoms with Crippen molar-refractivity contribution in [2.24, 2.45) is 28.9 Å². The molecule has 0 aliphatic heterocycles. The van der Waals surface area contributed by atoms with Crippen LogP contribution >= 0.6 is 0 Å². The van der Waals surface area contributed by atoms with Gasteiger partial charge in [0.1, 0.15) is 0 Å². The number of benzene rings is 1. The van der Waals surface area contributed by atoms with Gasteiger partial charge >= 0.3 is 6.03 Å². The van der Waals surface area contributed by atoms with Gasteiger partial charge in [0.15, 0.2) is 6.04 Å². The number of carbonyl (C=O) groups is 2. The number of amides is 3. The zero-order valence-corrected chi connectivity index (χ0v) is 14.6. The maximum atomic E-state index is 12.5. The van der Waals surface area contributed by atoms with Crippen LogP contribution in [0.25, 0.3) is 0 Å². The van der Waals surface area contributed by atoms with E-state index in [2.05, 4.69) is 10.6 Å². The molecule has 4 saturated carbocycles. The zero-order valence-electron chi connectivity index (χ0n) is 14.6. The molecule has 3 amide bonds. The summed E-state index contributed by atoms with van der Waals surface area (Å²) in [6.07, 6.45) is 8.20. The summed E-state index contributed by atoms with van der Waals surface area (Å²) in [6.45, 7) is 0.961. The Morgan fingerprint density at radius 2 is 1.64 bits per heavy atom. The fraction of sp³-hybridized carbons (Fsp3) is 0.600. The summed E-state index contributed by atoms with van der Waals surface area (Å²) >= 11 is 0. The average Bonchev–Trinajstić information content (AvgIpc) is 2.54. The largest absolute Gasteiger partial charge is 0.351 e. The third-order valence-corrected chi connectivity index (χ3v) is 6.64. The molecule has 4 aliphatic rings. The highest BCUT2D eigenvalue weighted by atomic mass is 16.2. The first kappa shape index (κ1) is 16.6. The maximum Gasteiger partial charge on any atom is 0.319 e. The summed E-state index contributed by atoms with van der Waals surface area (Å²) in [6, 6.07) is 8.49. The highest BCUT2D eigenvalue weighted by Crippen LogP contribution is 2.59. The van der Waals surface area contributed by atoms with Gasteiger partial charge in [0.05, 0.1) is 6.54 Å². The standard InChI is InChI=1S/C20H27N3O2/c21-19(25)23-18(24)17(16-4-2-1-3-5-16)22-12-20-9-13-6-14(10-20)8-15(7-13)11-20/h1-5,13-15,17,22H,6-12H2,(H3,21,23,24,25)/p+1/t13?,14?,15?,17-,20?/m0/s1. The molecule has 134 valence electrons. The Hall–Kier alpha value is -1.88. The predicted molar refractivity (Wildman–Crippen MR) is 94.3 cm³/mol. The van der Waals surface area contributed by atoms with E-state index in [1.807, 2.05) is 30.3 Å². The Balaban J connectivity index is 1.49. The van der Waals surface area contributed by atoms with Crippen LogP contribution in [0.1, 0.15) is 50.1 Å². The number of carbonyl (C=O) groups excluding carboxylic acids is 2. The van der Waals surface area contributed by atoms with Crippen LogP contribution in [0.15, 0.2) is 30.3 Å². The van der Waals surface area contributed by atoms with Crippen molar-refractivity contribution in [2.75, 3.05) is 6.54 Å². The molecular weight excluding hydrogens is 314 g/mol. The van der Waals surface area contributed by atoms with E-state index in [4.69, 9.17) is 5.73 Å². The normalized spacial score (nSPS) is 33.8. The van der Waals surface area contributed by atoms with Crippen molar-refractivity contribution < 1.29 is 14.9 Å². The average molecular weight is 342 g/mol. The van der Waals surface area contributed by atoms with Crippen LogP contribution in [0.5, 0.6) is 0 Å². The molecular formula is C20H28N3O2+. The van der Waals surface area contributed by atoms with Crippen molar-refractivity contribution in [3.63, 3.8) is 0 Å². The number of imide groups is 1. The van der Waals surface area contributed by atoms with Crippen LogP contribution in [-0.4, -0.2) is 18.5 Å². The highest BCUT2D eigenvalue weighted by Gasteiger charge is 2.52. The first-order valence-corrected chi connectivity index (χ1v) is 9.51. The minimum Gasteiger partial charge on any atom is -0.351 e. The molecule has 0 aromatic heterocycles. The summed E-state index contributed by atoms with van der Waals surface area (Å²) in [5.41, 5.74) is 6.47. The number of rotatable bonds is 5. The van der Waals surface area contributed by atoms with Gasteiger partial charge in [-0.1, -0.05) is 30.3 Å². The second-order valence-corrected chi connectivity index (χ2v) is 8.60. The van der Waals surface area contributed by atoms with E-state index in [1.54, 1.807) is 0 Å². The van der Waals surface area contributed by atoms with Crippen LogP contribution in [0, 0.1) is 23.2 Å². The molecule has 0 spiro atoms. The fourth-order valence-corrected chi connectivity index (χ4v) is 6.16. The molecule has 4 bridgehead atoms. The Morgan fingerprint density at radius 3 is 2.16 bits per heavy atom. The van der Waals surface area contributed by atoms with E-state index in [1.165, 1.54) is 38.5 Å². The van der Waals surface area contributed by atoms with Gasteiger partial charge in [-0.15, -0.1) is 0 Å². The van der Waals surface area contributed by atoms with Gasteiger partial charge in [-0.25, -0.2) is 4.79 Å². The second-order valence-electron chi connectivity index (χ2n) is 8.60. The lowest BCUT2D eigenvalue weighted by Gasteiger charge is -2.56. The van der Waals surface area contributed by atoms with E-state index < -0.39 is 12.1 Å². The molecule has 4 aliphatic carbocycles. The van der Waals surface area contributed by atoms with Crippen LogP contribution < -0.4 is 16.4 Å². The Labute approximate surface area is 148 Å². The Morgan fingerprint density at radius 1 is 1.08 bits per heavy atom. The molecule has 1 atom stereocenters. The van der Waals surface area contributed by atoms with E-state index >= 15 is 0 Å². The van der Waals surface area contributed by atoms with Crippen LogP contribution in [-0.2, 0) is 4.79 Å². The number of quaternary nitrogens is 1. The van der Waals surface area contributed by atoms with Gasteiger partial charge in [-0.3, -0.25) is 10.1 Å². The Bertz CT molecular complexity index is 623. The van der Waals surface area contributed by atoms with E-state index in [0.717, 1.165) is 29.9 Å². The molecule has 5 nitrogen and oxygen atoms in total. The van der Waals surface area contributed by atoms with Crippen LogP contribution in [0.2, 0.25) is 0 Å². The lowest BCUT2D eigenvalue weighted by Crippen LogP contribution is -2.90. The minimum absolute atomic E-state index is 0.316. The summed E-state index contributed by atoms with van der Waals surface area (Å²) in [7, 11) is 0. The first-order chi connectivity index (χ1) is 12.0. The molecule has 0 radical (unpaired) electrons. The van der Waals surface area contributed by atoms with Crippen molar-refractivity contribution in [2.45, 2.75) is 44.6 Å². The predicted octanol–water partition coefficient (Wildman–Crippen LogP) is 1.70. The number of urea groups is 1. The maximum absolute atomic E-state index is 12.5. The summed E-state index contributed by atoms with van der Waals surface area (Å²) in [5.74, 6) is 2.38. The molecule has 5 heteroatoms. The Kier molecular flexibility index (Phi) is 4.28. The summed E-state index contributed by atoms with van der Waals surface area (Å²) < 4.78 is 0. The SMILES string of the molecule is NC(=O)NC(=O)[C@@H]([NH2+]CC12CC3CC(CC(C3)C1)C2)c1ccccc1. The van der Waals surface area contributed by atoms with Gasteiger partial charge in [-0.2, -0.15) is 0 Å². The van der Waals surface area contributed by atoms with Crippen LogP contribution in [0.3, 0.4) is 0 Å². The first-order valence-electron chi connectivity index (χ1n) is 9.51. The number of hydrogen-bond acceptors (Lipinski definition) is 2. The minimum atomic E-state index is -0.783. The topological polar surface area (TPSA) is 88.8 Å². The number of primary amides is 1. The van der Waals surface area contributed by atoms with E-state index in [-0.39, 0.29) is 5.91 Å². The molecule has 0 saturated heterocycles. The van der Waals surface area contributed by atoms with Gasteiger partial charge in [0.2, 0.25) is 0 Å². The van der Waals surface area contributed by atoms with Crippen molar-refractivity contribution in [1.29, 1.82) is 0 Å². The van der Waals surface area contributed by atoms with Gasteiger partial charge in [0, 0.05) is 11.0 Å². The van der Waals surface area contributed by atoms with Crippen molar-refractivity contribution in [3.8, 4) is 0 Å². The van der Waals surface area contributed by atoms with Crippen LogP contribution in [0.4, 0.5) is 4.79 Å². The summed E-state index contributed by atoms with van der Waals surface area (Å²) in [5, 5.41) is 4.41. The zero-order chi connectivity index (χ0) is 17.4. The van der Waals surface area contributed by atoms with E-state index in [0.29, 0.717) is 5.41 Å². The van der Waals surface area contributed by atoms with Gasteiger partial charge in [0.25, 0.3) is 5.91 Å². The molecule has 5 N–H and O–H groups in total. The molecule has 25 heavy (non-hydrogen) atoms. The molecule has 4 fully saturated rings. The lowest BCUT2D eigenvalue weighted by molar-refractivity contribution is -0.695. The van der Waals surface area contributed by atoms with Crippen molar-refractivity contribution in [1.82, 2.24) is 5.32 Å². The number of nitrogens with two attached hydrogens (primary N) is 2. The fourth-order valence-electron chi connectivity index (χ4n) is 6.16. The molecule has 1 aromatic rings. The van der Waals surface area contributed by atoms with Crippen molar-refractivity contribution in [3.05, 3.63) is 35.9 Å². The molecule has 1 aromatic carbocycles. The quantitative estimate of drug-likeness (QED) is 0.760. The lowest BCUT2D eigenvalue weighted by atomic mass is 9.49. The summed E-state index contributed by atoms with van der Waals surface area (Å²) in [4.78, 5) is 23.7. The smallest absolute Gasteiger partial charge is 0.319 e. The number of nitrogens with one attached hydrogen (secondary N) is 1. The molecule has 5 rings (SSSR count). The van der Waals surface area contributed by atoms with Crippen molar-refractivity contribution >= 4 is 11.9 Å².